The van der Waals surface area contributed by atoms with Crippen molar-refractivity contribution in [1.82, 2.24) is 4.98 Å². The average molecular weight is 628 g/mol. The van der Waals surface area contributed by atoms with E-state index in [-0.39, 0.29) is 17.1 Å². The van der Waals surface area contributed by atoms with E-state index >= 15 is 0 Å². The number of halogens is 9. The smallest absolute Gasteiger partial charge is 0.485 e. The van der Waals surface area contributed by atoms with E-state index < -0.39 is 46.9 Å². The van der Waals surface area contributed by atoms with Crippen LogP contribution in [0.2, 0.25) is 0 Å². The number of aromatic amines is 1. The second kappa shape index (κ2) is 12.9. The molecule has 1 aromatic carbocycles. The third-order valence-electron chi connectivity index (χ3n) is 2.31. The Morgan fingerprint density at radius 1 is 0.588 bits per heavy atom. The zero-order chi connectivity index (χ0) is 27.1. The van der Waals surface area contributed by atoms with Gasteiger partial charge in [0.25, 0.3) is 0 Å². The minimum absolute atomic E-state index is 0. The van der Waals surface area contributed by atoms with Crippen molar-refractivity contribution in [2.45, 2.75) is 16.5 Å². The number of fused-ring (bicyclic) bond motifs is 1. The van der Waals surface area contributed by atoms with Crippen LogP contribution in [-0.4, -0.2) is 60.4 Å². The first-order chi connectivity index (χ1) is 14.2. The quantitative estimate of drug-likeness (QED) is 0.198. The van der Waals surface area contributed by atoms with Gasteiger partial charge in [-0.25, -0.2) is 25.3 Å². The second-order valence-electron chi connectivity index (χ2n) is 4.76. The minimum Gasteiger partial charge on any atom is -0.741 e. The number of hydrogen-bond donors (Lipinski definition) is 1. The van der Waals surface area contributed by atoms with Crippen LogP contribution in [0.1, 0.15) is 0 Å². The fourth-order valence-electron chi connectivity index (χ4n) is 0.995. The molecular formula is C11H7CuF9NO9S3-3. The fourth-order valence-corrected chi connectivity index (χ4v) is 0.995. The number of para-hydroxylation sites is 1. The van der Waals surface area contributed by atoms with Crippen molar-refractivity contribution in [3.8, 4) is 0 Å². The molecule has 0 aliphatic rings. The molecule has 0 bridgehead atoms. The molecule has 0 aliphatic heterocycles. The molecule has 34 heavy (non-hydrogen) atoms. The molecule has 0 saturated heterocycles. The molecule has 10 nitrogen and oxygen atoms in total. The minimum atomic E-state index is -6.09. The number of aromatic nitrogens is 1. The predicted octanol–water partition coefficient (Wildman–Crippen LogP) is 2.32. The number of hydrogen-bond acceptors (Lipinski definition) is 9. The van der Waals surface area contributed by atoms with Crippen LogP contribution in [0.15, 0.2) is 36.5 Å². The molecule has 0 atom stereocenters. The van der Waals surface area contributed by atoms with E-state index in [1.54, 1.807) is 0 Å². The van der Waals surface area contributed by atoms with Crippen LogP contribution in [-0.2, 0) is 47.4 Å². The van der Waals surface area contributed by atoms with Gasteiger partial charge in [-0.2, -0.15) is 39.5 Å². The molecule has 0 spiro atoms. The average Bonchev–Trinajstić information content (AvgIpc) is 2.99. The standard InChI is InChI=1S/C8H7N.3CHF3O3S.Cu/c1-2-4-8-7(3-1)5-6-9-8;3*2-1(3,4)8(5,6)7;/h1-6,9H;3*(H,5,6,7);/p-3. The first-order valence-corrected chi connectivity index (χ1v) is 11.0. The molecule has 1 radical (unpaired) electrons. The first-order valence-electron chi connectivity index (χ1n) is 6.80. The number of rotatable bonds is 0. The van der Waals surface area contributed by atoms with Crippen LogP contribution < -0.4 is 0 Å². The Labute approximate surface area is 194 Å². The van der Waals surface area contributed by atoms with Crippen molar-refractivity contribution in [3.05, 3.63) is 36.5 Å². The van der Waals surface area contributed by atoms with Gasteiger partial charge in [0, 0.05) is 28.8 Å². The number of alkyl halides is 9. The summed E-state index contributed by atoms with van der Waals surface area (Å²) in [4.78, 5) is 3.12. The molecule has 0 unspecified atom stereocenters. The van der Waals surface area contributed by atoms with Crippen molar-refractivity contribution in [1.29, 1.82) is 0 Å². The van der Waals surface area contributed by atoms with Gasteiger partial charge in [-0.3, -0.25) is 0 Å². The molecule has 0 saturated carbocycles. The summed E-state index contributed by atoms with van der Waals surface area (Å²) in [5.74, 6) is 0. The Bertz CT molecular complexity index is 1070. The topological polar surface area (TPSA) is 187 Å². The van der Waals surface area contributed by atoms with Crippen LogP contribution in [0.3, 0.4) is 0 Å². The van der Waals surface area contributed by atoms with Gasteiger partial charge < -0.3 is 18.6 Å². The van der Waals surface area contributed by atoms with Crippen molar-refractivity contribution in [2.75, 3.05) is 0 Å². The Kier molecular flexibility index (Phi) is 14.0. The molecule has 23 heteroatoms. The van der Waals surface area contributed by atoms with Gasteiger partial charge in [0.15, 0.2) is 30.4 Å². The summed E-state index contributed by atoms with van der Waals surface area (Å²) in [5, 5.41) is 1.28. The molecule has 1 N–H and O–H groups in total. The summed E-state index contributed by atoms with van der Waals surface area (Å²) in [6, 6.07) is 10.3. The molecule has 1 aromatic heterocycles. The van der Waals surface area contributed by atoms with Gasteiger partial charge >= 0.3 is 16.5 Å². The molecule has 0 aliphatic carbocycles. The number of H-pyrrole nitrogens is 1. The summed E-state index contributed by atoms with van der Waals surface area (Å²) in [7, 11) is -18.3. The Balaban J connectivity index is -0.000000374. The van der Waals surface area contributed by atoms with Crippen molar-refractivity contribution < 1.29 is 95.5 Å². The fraction of sp³-hybridized carbons (Fsp3) is 0.273. The summed E-state index contributed by atoms with van der Waals surface area (Å²) in [6.45, 7) is 0. The third-order valence-corrected chi connectivity index (χ3v) is 4.01. The monoisotopic (exact) mass is 627 g/mol. The van der Waals surface area contributed by atoms with Crippen LogP contribution in [0, 0.1) is 0 Å². The Hall–Kier alpha value is -1.62. The van der Waals surface area contributed by atoms with Gasteiger partial charge in [0.05, 0.1) is 0 Å². The van der Waals surface area contributed by atoms with E-state index in [1.807, 2.05) is 18.3 Å². The molecule has 2 rings (SSSR count). The molecule has 1 heterocycles. The Morgan fingerprint density at radius 3 is 1.09 bits per heavy atom. The summed E-state index contributed by atoms with van der Waals surface area (Å²) >= 11 is 0. The maximum absolute atomic E-state index is 10.7. The first kappa shape index (κ1) is 36.9. The zero-order valence-corrected chi connectivity index (χ0v) is 18.5. The zero-order valence-electron chi connectivity index (χ0n) is 15.1. The van der Waals surface area contributed by atoms with Gasteiger partial charge in [0.1, 0.15) is 0 Å². The van der Waals surface area contributed by atoms with Gasteiger partial charge in [0.2, 0.25) is 0 Å². The van der Waals surface area contributed by atoms with Crippen LogP contribution in [0.4, 0.5) is 39.5 Å². The SMILES string of the molecule is O=S(=O)([O-])C(F)(F)F.O=S(=O)([O-])C(F)(F)F.O=S(=O)([O-])C(F)(F)F.[Cu].c1ccc2[nH]ccc2c1. The van der Waals surface area contributed by atoms with Crippen molar-refractivity contribution >= 4 is 41.3 Å². The van der Waals surface area contributed by atoms with E-state index in [9.17, 15) is 39.5 Å². The third kappa shape index (κ3) is 14.6. The molecule has 0 amide bonds. The van der Waals surface area contributed by atoms with E-state index in [2.05, 4.69) is 23.2 Å². The molecular weight excluding hydrogens is 621 g/mol. The maximum Gasteiger partial charge on any atom is 0.485 e. The van der Waals surface area contributed by atoms with Gasteiger partial charge in [-0.05, 0) is 17.5 Å². The molecule has 2 aromatic rings. The predicted molar refractivity (Wildman–Crippen MR) is 85.6 cm³/mol. The normalized spacial score (nSPS) is 12.6. The van der Waals surface area contributed by atoms with E-state index in [0.29, 0.717) is 0 Å². The van der Waals surface area contributed by atoms with Crippen LogP contribution in [0.25, 0.3) is 10.9 Å². The number of benzene rings is 1. The largest absolute Gasteiger partial charge is 0.741 e. The Morgan fingerprint density at radius 2 is 0.853 bits per heavy atom. The van der Waals surface area contributed by atoms with Gasteiger partial charge in [-0.15, -0.1) is 0 Å². The summed E-state index contributed by atoms with van der Waals surface area (Å²) < 4.78 is 177. The van der Waals surface area contributed by atoms with E-state index in [1.165, 1.54) is 10.9 Å². The molecule has 0 fully saturated rings. The molecule has 205 valence electrons. The van der Waals surface area contributed by atoms with Crippen LogP contribution in [0.5, 0.6) is 0 Å². The van der Waals surface area contributed by atoms with Crippen LogP contribution >= 0.6 is 0 Å². The maximum atomic E-state index is 10.7. The van der Waals surface area contributed by atoms with E-state index in [0.717, 1.165) is 0 Å². The second-order valence-corrected chi connectivity index (χ2v) is 8.88. The van der Waals surface area contributed by atoms with Crippen molar-refractivity contribution in [2.24, 2.45) is 0 Å². The summed E-state index contributed by atoms with van der Waals surface area (Å²) in [6.07, 6.45) is 1.95. The van der Waals surface area contributed by atoms with E-state index in [4.69, 9.17) is 38.9 Å². The summed E-state index contributed by atoms with van der Waals surface area (Å²) in [5.41, 5.74) is -15.7. The van der Waals surface area contributed by atoms with Crippen molar-refractivity contribution in [3.63, 3.8) is 0 Å². The van der Waals surface area contributed by atoms with Gasteiger partial charge in [-0.1, -0.05) is 18.2 Å². The number of nitrogens with one attached hydrogen (secondary N) is 1.